The highest BCUT2D eigenvalue weighted by molar-refractivity contribution is 6.13. The van der Waals surface area contributed by atoms with E-state index in [-0.39, 0.29) is 5.91 Å². The number of amides is 1. The summed E-state index contributed by atoms with van der Waals surface area (Å²) in [6, 6.07) is 16.1. The van der Waals surface area contributed by atoms with Crippen LogP contribution < -0.4 is 19.5 Å². The summed E-state index contributed by atoms with van der Waals surface area (Å²) in [6.45, 7) is 0. The summed E-state index contributed by atoms with van der Waals surface area (Å²) in [5.74, 6) is 1.64. The van der Waals surface area contributed by atoms with Crippen molar-refractivity contribution in [3.63, 3.8) is 0 Å². The van der Waals surface area contributed by atoms with Gasteiger partial charge in [-0.25, -0.2) is 4.98 Å². The Hall–Kier alpha value is -4.00. The molecule has 0 bridgehead atoms. The molecule has 4 aromatic rings. The molecule has 0 saturated carbocycles. The van der Waals surface area contributed by atoms with Gasteiger partial charge in [0.1, 0.15) is 5.69 Å². The van der Waals surface area contributed by atoms with E-state index >= 15 is 0 Å². The molecule has 0 aliphatic carbocycles. The van der Waals surface area contributed by atoms with Crippen LogP contribution in [-0.2, 0) is 0 Å². The lowest BCUT2D eigenvalue weighted by Gasteiger charge is -2.15. The van der Waals surface area contributed by atoms with E-state index in [1.807, 2.05) is 24.3 Å². The van der Waals surface area contributed by atoms with Gasteiger partial charge in [-0.3, -0.25) is 4.79 Å². The number of hydrogen-bond acceptors (Lipinski definition) is 6. The molecule has 0 atom stereocenters. The van der Waals surface area contributed by atoms with Crippen molar-refractivity contribution < 1.29 is 23.4 Å². The van der Waals surface area contributed by atoms with Gasteiger partial charge >= 0.3 is 0 Å². The lowest BCUT2D eigenvalue weighted by atomic mass is 10.1. The molecule has 0 unspecified atom stereocenters. The van der Waals surface area contributed by atoms with E-state index in [0.29, 0.717) is 45.5 Å². The molecule has 0 radical (unpaired) electrons. The van der Waals surface area contributed by atoms with Crippen molar-refractivity contribution in [2.45, 2.75) is 0 Å². The molecule has 2 aromatic carbocycles. The van der Waals surface area contributed by atoms with Gasteiger partial charge in [0.2, 0.25) is 5.75 Å². The number of para-hydroxylation sites is 1. The molecule has 7 nitrogen and oxygen atoms in total. The molecule has 1 N–H and O–H groups in total. The van der Waals surface area contributed by atoms with Gasteiger partial charge in [0.05, 0.1) is 38.7 Å². The third-order valence-electron chi connectivity index (χ3n) is 4.66. The number of hydrogen-bond donors (Lipinski definition) is 1. The third kappa shape index (κ3) is 3.53. The number of rotatable bonds is 6. The van der Waals surface area contributed by atoms with Crippen LogP contribution in [0.25, 0.3) is 22.4 Å². The number of nitrogens with zero attached hydrogens (tertiary/aromatic N) is 1. The molecule has 7 heteroatoms. The van der Waals surface area contributed by atoms with E-state index in [2.05, 4.69) is 10.3 Å². The average Bonchev–Trinajstić information content (AvgIpc) is 3.32. The highest BCUT2D eigenvalue weighted by atomic mass is 16.5. The molecule has 0 aliphatic heterocycles. The zero-order chi connectivity index (χ0) is 21.1. The lowest BCUT2D eigenvalue weighted by molar-refractivity contribution is 0.102. The Balaban J connectivity index is 1.77. The Morgan fingerprint density at radius 2 is 1.67 bits per heavy atom. The summed E-state index contributed by atoms with van der Waals surface area (Å²) in [6.07, 6.45) is 1.57. The summed E-state index contributed by atoms with van der Waals surface area (Å²) in [7, 11) is 4.57. The predicted molar refractivity (Wildman–Crippen MR) is 113 cm³/mol. The maximum absolute atomic E-state index is 13.2. The Kier molecular flexibility index (Phi) is 5.26. The maximum atomic E-state index is 13.2. The molecule has 0 spiro atoms. The van der Waals surface area contributed by atoms with Crippen LogP contribution in [0.3, 0.4) is 0 Å². The van der Waals surface area contributed by atoms with E-state index < -0.39 is 0 Å². The van der Waals surface area contributed by atoms with Crippen LogP contribution >= 0.6 is 0 Å². The van der Waals surface area contributed by atoms with Crippen molar-refractivity contribution in [3.05, 3.63) is 66.4 Å². The molecular weight excluding hydrogens is 384 g/mol. The van der Waals surface area contributed by atoms with Crippen LogP contribution in [0.2, 0.25) is 0 Å². The number of aromatic nitrogens is 1. The molecule has 1 amide bonds. The predicted octanol–water partition coefficient (Wildman–Crippen LogP) is 4.77. The second kappa shape index (κ2) is 8.16. The summed E-state index contributed by atoms with van der Waals surface area (Å²) in [4.78, 5) is 17.8. The number of benzene rings is 2. The van der Waals surface area contributed by atoms with E-state index in [4.69, 9.17) is 18.6 Å². The highest BCUT2D eigenvalue weighted by Crippen LogP contribution is 2.40. The number of fused-ring (bicyclic) bond motifs is 1. The standard InChI is InChI=1S/C23H20N2O5/c1-27-20-11-14(12-21(28-2)22(20)29-3)24-23(26)16-13-18(19-9-6-10-30-19)25-17-8-5-4-7-15(16)17/h4-13H,1-3H3,(H,24,26). The fourth-order valence-electron chi connectivity index (χ4n) is 3.27. The van der Waals surface area contributed by atoms with Crippen LogP contribution in [-0.4, -0.2) is 32.2 Å². The highest BCUT2D eigenvalue weighted by Gasteiger charge is 2.18. The molecule has 152 valence electrons. The molecule has 2 aromatic heterocycles. The summed E-state index contributed by atoms with van der Waals surface area (Å²) >= 11 is 0. The van der Waals surface area contributed by atoms with Gasteiger partial charge in [-0.2, -0.15) is 0 Å². The van der Waals surface area contributed by atoms with E-state index in [1.165, 1.54) is 21.3 Å². The van der Waals surface area contributed by atoms with E-state index in [9.17, 15) is 4.79 Å². The van der Waals surface area contributed by atoms with Crippen molar-refractivity contribution in [1.82, 2.24) is 4.98 Å². The Morgan fingerprint density at radius 3 is 2.30 bits per heavy atom. The van der Waals surface area contributed by atoms with Crippen molar-refractivity contribution in [1.29, 1.82) is 0 Å². The number of ether oxygens (including phenoxy) is 3. The number of carbonyl (C=O) groups is 1. The van der Waals surface area contributed by atoms with Crippen LogP contribution in [0.15, 0.2) is 65.3 Å². The molecule has 0 fully saturated rings. The van der Waals surface area contributed by atoms with Crippen molar-refractivity contribution >= 4 is 22.5 Å². The van der Waals surface area contributed by atoms with Gasteiger partial charge in [-0.1, -0.05) is 18.2 Å². The zero-order valence-corrected chi connectivity index (χ0v) is 16.8. The minimum absolute atomic E-state index is 0.296. The number of methoxy groups -OCH3 is 3. The number of pyridine rings is 1. The average molecular weight is 404 g/mol. The fourth-order valence-corrected chi connectivity index (χ4v) is 3.27. The summed E-state index contributed by atoms with van der Waals surface area (Å²) in [5, 5.41) is 3.64. The second-order valence-corrected chi connectivity index (χ2v) is 6.42. The Morgan fingerprint density at radius 1 is 0.933 bits per heavy atom. The lowest BCUT2D eigenvalue weighted by Crippen LogP contribution is -2.13. The molecular formula is C23H20N2O5. The smallest absolute Gasteiger partial charge is 0.256 e. The van der Waals surface area contributed by atoms with E-state index in [1.54, 1.807) is 36.6 Å². The van der Waals surface area contributed by atoms with Crippen molar-refractivity contribution in [2.24, 2.45) is 0 Å². The van der Waals surface area contributed by atoms with Gasteiger partial charge in [0.25, 0.3) is 5.91 Å². The van der Waals surface area contributed by atoms with Gasteiger partial charge in [0, 0.05) is 23.2 Å². The summed E-state index contributed by atoms with van der Waals surface area (Å²) in [5.41, 5.74) is 2.26. The Labute approximate surface area is 173 Å². The summed E-state index contributed by atoms with van der Waals surface area (Å²) < 4.78 is 21.5. The first-order chi connectivity index (χ1) is 14.6. The van der Waals surface area contributed by atoms with E-state index in [0.717, 1.165) is 5.39 Å². The first-order valence-corrected chi connectivity index (χ1v) is 9.19. The molecule has 4 rings (SSSR count). The number of carbonyl (C=O) groups excluding carboxylic acids is 1. The quantitative estimate of drug-likeness (QED) is 0.498. The van der Waals surface area contributed by atoms with Crippen LogP contribution in [0, 0.1) is 0 Å². The van der Waals surface area contributed by atoms with Crippen LogP contribution in [0.1, 0.15) is 10.4 Å². The Bertz CT molecular complexity index is 1180. The fraction of sp³-hybridized carbons (Fsp3) is 0.130. The van der Waals surface area contributed by atoms with Crippen molar-refractivity contribution in [3.8, 4) is 28.7 Å². The number of nitrogens with one attached hydrogen (secondary N) is 1. The van der Waals surface area contributed by atoms with Gasteiger partial charge < -0.3 is 23.9 Å². The van der Waals surface area contributed by atoms with Crippen molar-refractivity contribution in [2.75, 3.05) is 26.6 Å². The topological polar surface area (TPSA) is 82.8 Å². The normalized spacial score (nSPS) is 10.6. The molecule has 30 heavy (non-hydrogen) atoms. The zero-order valence-electron chi connectivity index (χ0n) is 16.8. The third-order valence-corrected chi connectivity index (χ3v) is 4.66. The molecule has 2 heterocycles. The second-order valence-electron chi connectivity index (χ2n) is 6.42. The molecule has 0 saturated heterocycles. The largest absolute Gasteiger partial charge is 0.493 e. The minimum atomic E-state index is -0.296. The first kappa shape index (κ1) is 19.3. The first-order valence-electron chi connectivity index (χ1n) is 9.19. The number of anilines is 1. The minimum Gasteiger partial charge on any atom is -0.493 e. The maximum Gasteiger partial charge on any atom is 0.256 e. The SMILES string of the molecule is COc1cc(NC(=O)c2cc(-c3ccco3)nc3ccccc23)cc(OC)c1OC. The monoisotopic (exact) mass is 404 g/mol. The molecule has 0 aliphatic rings. The van der Waals surface area contributed by atoms with Crippen LogP contribution in [0.5, 0.6) is 17.2 Å². The number of furan rings is 1. The van der Waals surface area contributed by atoms with Crippen LogP contribution in [0.4, 0.5) is 5.69 Å². The van der Waals surface area contributed by atoms with Gasteiger partial charge in [0.15, 0.2) is 17.3 Å². The van der Waals surface area contributed by atoms with Gasteiger partial charge in [-0.05, 0) is 24.3 Å². The van der Waals surface area contributed by atoms with Gasteiger partial charge in [-0.15, -0.1) is 0 Å².